The minimum Gasteiger partial charge on any atom is -0.457 e. The van der Waals surface area contributed by atoms with Crippen LogP contribution in [0.5, 0.6) is 11.5 Å². The van der Waals surface area contributed by atoms with Crippen LogP contribution in [0, 0.1) is 0 Å². The molecule has 1 unspecified atom stereocenters. The first kappa shape index (κ1) is 12.7. The topological polar surface area (TPSA) is 29.5 Å². The van der Waals surface area contributed by atoms with Gasteiger partial charge < -0.3 is 9.84 Å². The van der Waals surface area contributed by atoms with Gasteiger partial charge in [-0.15, -0.1) is 0 Å². The molecule has 0 amide bonds. The van der Waals surface area contributed by atoms with Crippen molar-refractivity contribution in [3.05, 3.63) is 57.6 Å². The average molecular weight is 319 g/mol. The molecule has 2 aromatic carbocycles. The molecule has 0 bridgehead atoms. The third kappa shape index (κ3) is 2.40. The van der Waals surface area contributed by atoms with Crippen molar-refractivity contribution < 1.29 is 9.84 Å². The van der Waals surface area contributed by atoms with E-state index in [4.69, 9.17) is 4.74 Å². The maximum atomic E-state index is 9.25. The van der Waals surface area contributed by atoms with Gasteiger partial charge in [-0.25, -0.2) is 0 Å². The smallest absolute Gasteiger partial charge is 0.131 e. The van der Waals surface area contributed by atoms with Crippen LogP contribution in [0.2, 0.25) is 0 Å². The number of aliphatic hydroxyl groups excluding tert-OH is 1. The third-order valence-electron chi connectivity index (χ3n) is 3.55. The number of fused-ring (bicyclic) bond motifs is 2. The molecule has 98 valence electrons. The van der Waals surface area contributed by atoms with Crippen LogP contribution in [0.3, 0.4) is 0 Å². The monoisotopic (exact) mass is 318 g/mol. The quantitative estimate of drug-likeness (QED) is 0.765. The number of hydrogen-bond acceptors (Lipinski definition) is 2. The van der Waals surface area contributed by atoms with Gasteiger partial charge in [-0.05, 0) is 35.4 Å². The van der Waals surface area contributed by atoms with Crippen molar-refractivity contribution in [2.45, 2.75) is 19.3 Å². The number of rotatable bonds is 2. The SMILES string of the molecule is CC(CO)c1ccc2c(c1)Cc1cc(Br)ccc1O2. The first-order chi connectivity index (χ1) is 9.17. The van der Waals surface area contributed by atoms with Crippen molar-refractivity contribution in [1.29, 1.82) is 0 Å². The van der Waals surface area contributed by atoms with Gasteiger partial charge in [0.15, 0.2) is 0 Å². The lowest BCUT2D eigenvalue weighted by atomic mass is 9.94. The predicted octanol–water partition coefficient (Wildman–Crippen LogP) is 4.24. The van der Waals surface area contributed by atoms with E-state index in [1.54, 1.807) is 0 Å². The molecule has 2 nitrogen and oxygen atoms in total. The Hall–Kier alpha value is -1.32. The van der Waals surface area contributed by atoms with Gasteiger partial charge in [-0.1, -0.05) is 35.0 Å². The number of halogens is 1. The fourth-order valence-corrected chi connectivity index (χ4v) is 2.77. The Labute approximate surface area is 121 Å². The molecule has 1 atom stereocenters. The second-order valence-electron chi connectivity index (χ2n) is 4.98. The molecule has 19 heavy (non-hydrogen) atoms. The highest BCUT2D eigenvalue weighted by molar-refractivity contribution is 9.10. The highest BCUT2D eigenvalue weighted by Gasteiger charge is 2.18. The van der Waals surface area contributed by atoms with E-state index < -0.39 is 0 Å². The van der Waals surface area contributed by atoms with Gasteiger partial charge >= 0.3 is 0 Å². The van der Waals surface area contributed by atoms with Crippen molar-refractivity contribution >= 4 is 15.9 Å². The largest absolute Gasteiger partial charge is 0.457 e. The second kappa shape index (κ2) is 4.99. The lowest BCUT2D eigenvalue weighted by molar-refractivity contribution is 0.273. The molecule has 1 N–H and O–H groups in total. The summed E-state index contributed by atoms with van der Waals surface area (Å²) in [5.41, 5.74) is 3.53. The summed E-state index contributed by atoms with van der Waals surface area (Å²) in [6.45, 7) is 2.19. The summed E-state index contributed by atoms with van der Waals surface area (Å²) in [5.74, 6) is 2.01. The van der Waals surface area contributed by atoms with Crippen molar-refractivity contribution in [2.24, 2.45) is 0 Å². The molecule has 0 saturated carbocycles. The molecule has 0 radical (unpaired) electrons. The Kier molecular flexibility index (Phi) is 3.33. The van der Waals surface area contributed by atoms with E-state index in [0.717, 1.165) is 28.0 Å². The third-order valence-corrected chi connectivity index (χ3v) is 4.04. The first-order valence-electron chi connectivity index (χ1n) is 6.37. The summed E-state index contributed by atoms with van der Waals surface area (Å²) in [5, 5.41) is 9.25. The predicted molar refractivity (Wildman–Crippen MR) is 79.0 cm³/mol. The van der Waals surface area contributed by atoms with Gasteiger partial charge in [-0.3, -0.25) is 0 Å². The molecule has 3 heteroatoms. The van der Waals surface area contributed by atoms with Crippen molar-refractivity contribution in [3.63, 3.8) is 0 Å². The van der Waals surface area contributed by atoms with Crippen LogP contribution in [-0.2, 0) is 6.42 Å². The van der Waals surface area contributed by atoms with Gasteiger partial charge in [0.05, 0.1) is 0 Å². The summed E-state index contributed by atoms with van der Waals surface area (Å²) in [4.78, 5) is 0. The molecule has 1 aliphatic rings. The van der Waals surface area contributed by atoms with E-state index in [9.17, 15) is 5.11 Å². The van der Waals surface area contributed by atoms with Crippen molar-refractivity contribution in [3.8, 4) is 11.5 Å². The van der Waals surface area contributed by atoms with Gasteiger partial charge in [0.25, 0.3) is 0 Å². The summed E-state index contributed by atoms with van der Waals surface area (Å²) >= 11 is 3.49. The van der Waals surface area contributed by atoms with Crippen molar-refractivity contribution in [2.75, 3.05) is 6.61 Å². The molecule has 1 aliphatic heterocycles. The van der Waals surface area contributed by atoms with Gasteiger partial charge in [-0.2, -0.15) is 0 Å². The molecule has 1 heterocycles. The van der Waals surface area contributed by atoms with Gasteiger partial charge in [0.2, 0.25) is 0 Å². The summed E-state index contributed by atoms with van der Waals surface area (Å²) in [6.07, 6.45) is 0.871. The summed E-state index contributed by atoms with van der Waals surface area (Å²) in [6, 6.07) is 12.3. The Morgan fingerprint density at radius 2 is 1.84 bits per heavy atom. The molecule has 2 aromatic rings. The zero-order valence-corrected chi connectivity index (χ0v) is 12.3. The molecule has 0 aromatic heterocycles. The first-order valence-corrected chi connectivity index (χ1v) is 7.16. The molecule has 0 spiro atoms. The van der Waals surface area contributed by atoms with Crippen LogP contribution in [0.25, 0.3) is 0 Å². The Bertz CT molecular complexity index is 622. The normalized spacial score (nSPS) is 14.3. The Balaban J connectivity index is 1.98. The molecule has 0 aliphatic carbocycles. The highest BCUT2D eigenvalue weighted by Crippen LogP contribution is 2.38. The average Bonchev–Trinajstić information content (AvgIpc) is 2.43. The fourth-order valence-electron chi connectivity index (χ4n) is 2.36. The lowest BCUT2D eigenvalue weighted by Gasteiger charge is -2.22. The molecular formula is C16H15BrO2. The molecule has 0 saturated heterocycles. The molecular weight excluding hydrogens is 304 g/mol. The van der Waals surface area contributed by atoms with Crippen LogP contribution < -0.4 is 4.74 Å². The van der Waals surface area contributed by atoms with Crippen molar-refractivity contribution in [1.82, 2.24) is 0 Å². The Morgan fingerprint density at radius 1 is 1.16 bits per heavy atom. The number of aliphatic hydroxyl groups is 1. The maximum absolute atomic E-state index is 9.25. The standard InChI is InChI=1S/C16H15BrO2/c1-10(9-18)11-2-4-15-12(6-11)7-13-8-14(17)3-5-16(13)19-15/h2-6,8,10,18H,7,9H2,1H3. The maximum Gasteiger partial charge on any atom is 0.131 e. The van der Waals surface area contributed by atoms with Crippen LogP contribution in [-0.4, -0.2) is 11.7 Å². The number of hydrogen-bond donors (Lipinski definition) is 1. The van der Waals surface area contributed by atoms with Crippen LogP contribution in [0.15, 0.2) is 40.9 Å². The zero-order valence-electron chi connectivity index (χ0n) is 10.7. The van der Waals surface area contributed by atoms with Gasteiger partial charge in [0.1, 0.15) is 11.5 Å². The number of ether oxygens (including phenoxy) is 1. The van der Waals surface area contributed by atoms with E-state index in [2.05, 4.69) is 28.1 Å². The lowest BCUT2D eigenvalue weighted by Crippen LogP contribution is -2.05. The van der Waals surface area contributed by atoms with E-state index in [1.807, 2.05) is 31.2 Å². The minimum atomic E-state index is 0.161. The summed E-state index contributed by atoms with van der Waals surface area (Å²) < 4.78 is 6.99. The number of benzene rings is 2. The minimum absolute atomic E-state index is 0.161. The molecule has 3 rings (SSSR count). The van der Waals surface area contributed by atoms with Crippen LogP contribution in [0.1, 0.15) is 29.5 Å². The Morgan fingerprint density at radius 3 is 2.58 bits per heavy atom. The van der Waals surface area contributed by atoms with Crippen LogP contribution >= 0.6 is 15.9 Å². The fraction of sp³-hybridized carbons (Fsp3) is 0.250. The molecule has 0 fully saturated rings. The van der Waals surface area contributed by atoms with E-state index in [1.165, 1.54) is 11.1 Å². The van der Waals surface area contributed by atoms with Gasteiger partial charge in [0, 0.05) is 29.0 Å². The van der Waals surface area contributed by atoms with E-state index in [0.29, 0.717) is 0 Å². The van der Waals surface area contributed by atoms with Crippen LogP contribution in [0.4, 0.5) is 0 Å². The van der Waals surface area contributed by atoms with E-state index in [-0.39, 0.29) is 12.5 Å². The highest BCUT2D eigenvalue weighted by atomic mass is 79.9. The summed E-state index contributed by atoms with van der Waals surface area (Å²) in [7, 11) is 0. The zero-order chi connectivity index (χ0) is 13.4. The van der Waals surface area contributed by atoms with E-state index >= 15 is 0 Å². The second-order valence-corrected chi connectivity index (χ2v) is 5.90.